The Hall–Kier alpha value is -0.170. The fourth-order valence-electron chi connectivity index (χ4n) is 2.24. The molecule has 1 fully saturated rings. The van der Waals surface area contributed by atoms with E-state index in [0.717, 1.165) is 12.8 Å². The summed E-state index contributed by atoms with van der Waals surface area (Å²) in [5.74, 6) is -1.89. The van der Waals surface area contributed by atoms with Gasteiger partial charge in [-0.05, 0) is 6.42 Å². The zero-order chi connectivity index (χ0) is 14.2. The molecule has 1 aliphatic rings. The second kappa shape index (κ2) is 8.19. The fourth-order valence-corrected chi connectivity index (χ4v) is 3.06. The van der Waals surface area contributed by atoms with Gasteiger partial charge in [0.2, 0.25) is 0 Å². The zero-order valence-electron chi connectivity index (χ0n) is 11.8. The van der Waals surface area contributed by atoms with Gasteiger partial charge < -0.3 is 5.11 Å². The van der Waals surface area contributed by atoms with Crippen molar-refractivity contribution in [3.05, 3.63) is 0 Å². The van der Waals surface area contributed by atoms with E-state index in [1.165, 1.54) is 44.9 Å². The van der Waals surface area contributed by atoms with E-state index in [4.69, 9.17) is 0 Å². The van der Waals surface area contributed by atoms with Crippen molar-refractivity contribution in [3.63, 3.8) is 0 Å². The van der Waals surface area contributed by atoms with Crippen molar-refractivity contribution in [1.82, 2.24) is 0 Å². The summed E-state index contributed by atoms with van der Waals surface area (Å²) >= 11 is 0. The van der Waals surface area contributed by atoms with Crippen molar-refractivity contribution in [1.29, 1.82) is 0 Å². The van der Waals surface area contributed by atoms with Gasteiger partial charge in [-0.3, -0.25) is 0 Å². The van der Waals surface area contributed by atoms with Crippen LogP contribution in [-0.4, -0.2) is 19.5 Å². The third-order valence-corrected chi connectivity index (χ3v) is 4.24. The van der Waals surface area contributed by atoms with Crippen LogP contribution in [0.5, 0.6) is 0 Å². The minimum atomic E-state index is -3.90. The molecule has 19 heavy (non-hydrogen) atoms. The maximum absolute atomic E-state index is 10.6. The number of unbranched alkanes of at least 4 members (excludes halogenated alkanes) is 9. The van der Waals surface area contributed by atoms with Gasteiger partial charge >= 0.3 is 16.4 Å². The summed E-state index contributed by atoms with van der Waals surface area (Å²) in [6.07, 6.45) is 12.0. The van der Waals surface area contributed by atoms with Crippen LogP contribution in [0.1, 0.15) is 77.6 Å². The molecule has 0 atom stereocenters. The summed E-state index contributed by atoms with van der Waals surface area (Å²) in [5.41, 5.74) is 0. The van der Waals surface area contributed by atoms with E-state index in [0.29, 0.717) is 6.42 Å². The molecule has 0 aromatic carbocycles. The predicted octanol–water partition coefficient (Wildman–Crippen LogP) is 3.24. The maximum Gasteiger partial charge on any atom is 0.409 e. The summed E-state index contributed by atoms with van der Waals surface area (Å²) in [4.78, 5) is 0. The van der Waals surface area contributed by atoms with Gasteiger partial charge in [-0.25, -0.2) is 0 Å². The Labute approximate surface area is 116 Å². The van der Waals surface area contributed by atoms with Crippen LogP contribution >= 0.6 is 0 Å². The SMILES string of the molecule is CCCCCCCCCCCCC1(O)OS(=O)(=O)O1. The normalized spacial score (nSPS) is 20.1. The zero-order valence-corrected chi connectivity index (χ0v) is 12.6. The van der Waals surface area contributed by atoms with Gasteiger partial charge in [0.1, 0.15) is 0 Å². The Morgan fingerprint density at radius 1 is 0.842 bits per heavy atom. The molecule has 1 rings (SSSR count). The molecule has 0 bridgehead atoms. The Balaban J connectivity index is 1.84. The van der Waals surface area contributed by atoms with Crippen LogP contribution in [-0.2, 0) is 18.8 Å². The quantitative estimate of drug-likeness (QED) is 0.592. The molecule has 0 aromatic rings. The molecule has 0 aromatic heterocycles. The molecule has 0 radical (unpaired) electrons. The number of hydrogen-bond acceptors (Lipinski definition) is 5. The van der Waals surface area contributed by atoms with Gasteiger partial charge in [0.05, 0.1) is 0 Å². The van der Waals surface area contributed by atoms with Crippen LogP contribution in [0.25, 0.3) is 0 Å². The first-order valence-corrected chi connectivity index (χ1v) is 8.69. The number of hydrogen-bond donors (Lipinski definition) is 1. The summed E-state index contributed by atoms with van der Waals surface area (Å²) < 4.78 is 29.8. The van der Waals surface area contributed by atoms with E-state index in [9.17, 15) is 13.5 Å². The van der Waals surface area contributed by atoms with E-state index in [-0.39, 0.29) is 6.42 Å². The summed E-state index contributed by atoms with van der Waals surface area (Å²) in [6.45, 7) is 2.22. The molecule has 1 saturated heterocycles. The Kier molecular flexibility index (Phi) is 7.28. The maximum atomic E-state index is 10.6. The monoisotopic (exact) mass is 294 g/mol. The molecule has 114 valence electrons. The predicted molar refractivity (Wildman–Crippen MR) is 72.5 cm³/mol. The molecule has 1 heterocycles. The lowest BCUT2D eigenvalue weighted by Crippen LogP contribution is -2.50. The van der Waals surface area contributed by atoms with Gasteiger partial charge in [-0.15, -0.1) is 0 Å². The average Bonchev–Trinajstić information content (AvgIpc) is 2.29. The number of aliphatic hydroxyl groups is 1. The van der Waals surface area contributed by atoms with Crippen molar-refractivity contribution in [3.8, 4) is 0 Å². The highest BCUT2D eigenvalue weighted by Gasteiger charge is 2.50. The van der Waals surface area contributed by atoms with Gasteiger partial charge in [0.15, 0.2) is 0 Å². The van der Waals surface area contributed by atoms with Gasteiger partial charge in [-0.1, -0.05) is 64.7 Å². The smallest absolute Gasteiger partial charge is 0.342 e. The first-order chi connectivity index (χ1) is 8.97. The van der Waals surface area contributed by atoms with Crippen LogP contribution in [0.4, 0.5) is 0 Å². The van der Waals surface area contributed by atoms with Crippen LogP contribution < -0.4 is 0 Å². The first kappa shape index (κ1) is 16.9. The third kappa shape index (κ3) is 7.25. The molecule has 6 heteroatoms. The van der Waals surface area contributed by atoms with Gasteiger partial charge in [-0.2, -0.15) is 16.8 Å². The van der Waals surface area contributed by atoms with Crippen LogP contribution in [0.2, 0.25) is 0 Å². The second-order valence-corrected chi connectivity index (χ2v) is 6.37. The second-order valence-electron chi connectivity index (χ2n) is 5.22. The van der Waals surface area contributed by atoms with Crippen LogP contribution in [0.15, 0.2) is 0 Å². The average molecular weight is 294 g/mol. The lowest BCUT2D eigenvalue weighted by Gasteiger charge is -2.33. The molecule has 1 N–H and O–H groups in total. The minimum absolute atomic E-state index is 0.211. The highest BCUT2D eigenvalue weighted by molar-refractivity contribution is 7.82. The van der Waals surface area contributed by atoms with Crippen molar-refractivity contribution in [2.75, 3.05) is 0 Å². The van der Waals surface area contributed by atoms with Crippen molar-refractivity contribution in [2.45, 2.75) is 83.5 Å². The first-order valence-electron chi connectivity index (χ1n) is 7.36. The van der Waals surface area contributed by atoms with Crippen molar-refractivity contribution >= 4 is 10.4 Å². The van der Waals surface area contributed by atoms with Crippen molar-refractivity contribution in [2.24, 2.45) is 0 Å². The molecular formula is C13H26O5S. The molecule has 0 aliphatic carbocycles. The third-order valence-electron chi connectivity index (χ3n) is 3.31. The van der Waals surface area contributed by atoms with E-state index in [2.05, 4.69) is 15.3 Å². The summed E-state index contributed by atoms with van der Waals surface area (Å²) in [7, 11) is -3.90. The Morgan fingerprint density at radius 2 is 1.26 bits per heavy atom. The summed E-state index contributed by atoms with van der Waals surface area (Å²) in [6, 6.07) is 0. The van der Waals surface area contributed by atoms with Gasteiger partial charge in [0.25, 0.3) is 0 Å². The fraction of sp³-hybridized carbons (Fsp3) is 1.00. The molecule has 0 amide bonds. The highest BCUT2D eigenvalue weighted by Crippen LogP contribution is 2.32. The molecule has 5 nitrogen and oxygen atoms in total. The van der Waals surface area contributed by atoms with E-state index in [1.54, 1.807) is 0 Å². The van der Waals surface area contributed by atoms with E-state index >= 15 is 0 Å². The molecule has 0 spiro atoms. The number of rotatable bonds is 11. The van der Waals surface area contributed by atoms with Crippen LogP contribution in [0, 0.1) is 0 Å². The standard InChI is InChI=1S/C13H26O5S/c1-2-3-4-5-6-7-8-9-10-11-12-13(14)17-19(15,16)18-13/h14H,2-12H2,1H3. The van der Waals surface area contributed by atoms with Crippen molar-refractivity contribution < 1.29 is 21.9 Å². The lowest BCUT2D eigenvalue weighted by molar-refractivity contribution is -0.329. The van der Waals surface area contributed by atoms with Crippen LogP contribution in [0.3, 0.4) is 0 Å². The lowest BCUT2D eigenvalue weighted by atomic mass is 10.1. The van der Waals surface area contributed by atoms with E-state index in [1.807, 2.05) is 0 Å². The Bertz CT molecular complexity index is 327. The Morgan fingerprint density at radius 3 is 1.68 bits per heavy atom. The highest BCUT2D eigenvalue weighted by atomic mass is 32.3. The summed E-state index contributed by atoms with van der Waals surface area (Å²) in [5, 5.41) is 9.45. The molecule has 0 saturated carbocycles. The molecule has 1 aliphatic heterocycles. The minimum Gasteiger partial charge on any atom is -0.342 e. The van der Waals surface area contributed by atoms with Gasteiger partial charge in [0, 0.05) is 6.42 Å². The molecule has 0 unspecified atom stereocenters. The largest absolute Gasteiger partial charge is 0.409 e. The van der Waals surface area contributed by atoms with E-state index < -0.39 is 16.4 Å². The topological polar surface area (TPSA) is 72.8 Å². The molecular weight excluding hydrogens is 268 g/mol.